The van der Waals surface area contributed by atoms with Crippen LogP contribution < -0.4 is 10.1 Å². The van der Waals surface area contributed by atoms with Crippen LogP contribution in [0.15, 0.2) is 42.6 Å². The number of pyridine rings is 1. The molecule has 0 spiro atoms. The Kier molecular flexibility index (Phi) is 4.78. The number of nitrogens with zero attached hydrogens (tertiary/aromatic N) is 1. The van der Waals surface area contributed by atoms with Gasteiger partial charge in [0.15, 0.2) is 0 Å². The van der Waals surface area contributed by atoms with Crippen molar-refractivity contribution in [1.82, 2.24) is 4.98 Å². The Balaban J connectivity index is 2.06. The van der Waals surface area contributed by atoms with Crippen LogP contribution in [0.3, 0.4) is 0 Å². The van der Waals surface area contributed by atoms with Gasteiger partial charge in [-0.05, 0) is 43.2 Å². The van der Waals surface area contributed by atoms with E-state index in [0.29, 0.717) is 6.54 Å². The number of anilines is 1. The molecule has 1 aromatic carbocycles. The van der Waals surface area contributed by atoms with Crippen molar-refractivity contribution in [3.63, 3.8) is 0 Å². The second-order valence-electron chi connectivity index (χ2n) is 4.52. The smallest absolute Gasteiger partial charge is 0.142 e. The molecule has 0 amide bonds. The third-order valence-electron chi connectivity index (χ3n) is 2.78. The maximum Gasteiger partial charge on any atom is 0.142 e. The molecule has 3 heteroatoms. The van der Waals surface area contributed by atoms with Crippen LogP contribution in [-0.2, 0) is 6.54 Å². The lowest BCUT2D eigenvalue weighted by molar-refractivity contribution is 0.318. The van der Waals surface area contributed by atoms with Gasteiger partial charge in [0.05, 0.1) is 24.5 Å². The monoisotopic (exact) mass is 256 g/mol. The number of ether oxygens (including phenoxy) is 1. The number of rotatable bonds is 6. The van der Waals surface area contributed by atoms with Crippen LogP contribution in [0.1, 0.15) is 24.6 Å². The highest BCUT2D eigenvalue weighted by molar-refractivity contribution is 5.57. The zero-order chi connectivity index (χ0) is 13.5. The first kappa shape index (κ1) is 13.4. The van der Waals surface area contributed by atoms with Crippen molar-refractivity contribution in [2.45, 2.75) is 26.8 Å². The van der Waals surface area contributed by atoms with Gasteiger partial charge in [-0.1, -0.05) is 19.1 Å². The Bertz CT molecular complexity index is 511. The lowest BCUT2D eigenvalue weighted by atomic mass is 10.2. The number of hydrogen-bond acceptors (Lipinski definition) is 3. The molecule has 3 nitrogen and oxygen atoms in total. The lowest BCUT2D eigenvalue weighted by Crippen LogP contribution is -2.04. The molecular weight excluding hydrogens is 236 g/mol. The molecule has 0 unspecified atom stereocenters. The van der Waals surface area contributed by atoms with Gasteiger partial charge >= 0.3 is 0 Å². The molecule has 0 saturated carbocycles. The van der Waals surface area contributed by atoms with Gasteiger partial charge in [0.2, 0.25) is 0 Å². The molecule has 0 saturated heterocycles. The van der Waals surface area contributed by atoms with E-state index >= 15 is 0 Å². The molecule has 0 radical (unpaired) electrons. The van der Waals surface area contributed by atoms with Crippen molar-refractivity contribution in [3.8, 4) is 5.75 Å². The summed E-state index contributed by atoms with van der Waals surface area (Å²) in [5, 5.41) is 3.38. The van der Waals surface area contributed by atoms with Gasteiger partial charge in [-0.2, -0.15) is 0 Å². The molecule has 2 rings (SSSR count). The van der Waals surface area contributed by atoms with E-state index in [4.69, 9.17) is 4.74 Å². The molecule has 1 heterocycles. The summed E-state index contributed by atoms with van der Waals surface area (Å²) in [6.45, 7) is 5.62. The Morgan fingerprint density at radius 2 is 2.11 bits per heavy atom. The highest BCUT2D eigenvalue weighted by Crippen LogP contribution is 2.26. The van der Waals surface area contributed by atoms with Crippen molar-refractivity contribution in [3.05, 3.63) is 53.9 Å². The van der Waals surface area contributed by atoms with Gasteiger partial charge < -0.3 is 10.1 Å². The van der Waals surface area contributed by atoms with E-state index in [-0.39, 0.29) is 0 Å². The molecule has 0 aliphatic heterocycles. The molecule has 2 aromatic rings. The van der Waals surface area contributed by atoms with Gasteiger partial charge in [0.25, 0.3) is 0 Å². The number of hydrogen-bond donors (Lipinski definition) is 1. The van der Waals surface area contributed by atoms with E-state index in [9.17, 15) is 0 Å². The van der Waals surface area contributed by atoms with Crippen molar-refractivity contribution >= 4 is 5.69 Å². The van der Waals surface area contributed by atoms with Crippen LogP contribution in [0.25, 0.3) is 0 Å². The van der Waals surface area contributed by atoms with E-state index in [1.807, 2.05) is 18.2 Å². The number of benzene rings is 1. The van der Waals surface area contributed by atoms with Crippen LogP contribution in [-0.4, -0.2) is 11.6 Å². The summed E-state index contributed by atoms with van der Waals surface area (Å²) < 4.78 is 5.77. The van der Waals surface area contributed by atoms with Gasteiger partial charge in [-0.15, -0.1) is 0 Å². The number of aryl methyl sites for hydroxylation is 1. The SMILES string of the molecule is CCCOc1cc(C)ccc1NCc1ccccn1. The van der Waals surface area contributed by atoms with Crippen LogP contribution in [0.5, 0.6) is 5.75 Å². The summed E-state index contributed by atoms with van der Waals surface area (Å²) in [5.74, 6) is 0.915. The predicted molar refractivity (Wildman–Crippen MR) is 78.5 cm³/mol. The zero-order valence-corrected chi connectivity index (χ0v) is 11.5. The highest BCUT2D eigenvalue weighted by Gasteiger charge is 2.04. The third kappa shape index (κ3) is 3.98. The quantitative estimate of drug-likeness (QED) is 0.853. The Morgan fingerprint density at radius 3 is 2.84 bits per heavy atom. The standard InChI is InChI=1S/C16H20N2O/c1-3-10-19-16-11-13(2)7-8-15(16)18-12-14-6-4-5-9-17-14/h4-9,11,18H,3,10,12H2,1-2H3. The maximum absolute atomic E-state index is 5.77. The van der Waals surface area contributed by atoms with Crippen molar-refractivity contribution in [2.24, 2.45) is 0 Å². The molecule has 19 heavy (non-hydrogen) atoms. The summed E-state index contributed by atoms with van der Waals surface area (Å²) in [6.07, 6.45) is 2.81. The Labute approximate surface area is 114 Å². The molecule has 0 aliphatic rings. The average molecular weight is 256 g/mol. The molecule has 0 fully saturated rings. The van der Waals surface area contributed by atoms with E-state index < -0.39 is 0 Å². The van der Waals surface area contributed by atoms with Crippen molar-refractivity contribution in [2.75, 3.05) is 11.9 Å². The Hall–Kier alpha value is -2.03. The van der Waals surface area contributed by atoms with Gasteiger partial charge in [0.1, 0.15) is 5.75 Å². The minimum absolute atomic E-state index is 0.701. The predicted octanol–water partition coefficient (Wildman–Crippen LogP) is 3.79. The van der Waals surface area contributed by atoms with Crippen molar-refractivity contribution < 1.29 is 4.74 Å². The van der Waals surface area contributed by atoms with Gasteiger partial charge in [-0.25, -0.2) is 0 Å². The maximum atomic E-state index is 5.77. The second kappa shape index (κ2) is 6.78. The molecule has 1 aromatic heterocycles. The third-order valence-corrected chi connectivity index (χ3v) is 2.78. The van der Waals surface area contributed by atoms with Crippen LogP contribution in [0, 0.1) is 6.92 Å². The number of nitrogens with one attached hydrogen (secondary N) is 1. The molecule has 1 N–H and O–H groups in total. The zero-order valence-electron chi connectivity index (χ0n) is 11.5. The summed E-state index contributed by atoms with van der Waals surface area (Å²) in [6, 6.07) is 12.1. The second-order valence-corrected chi connectivity index (χ2v) is 4.52. The van der Waals surface area contributed by atoms with Crippen LogP contribution >= 0.6 is 0 Å². The summed E-state index contributed by atoms with van der Waals surface area (Å²) in [5.41, 5.74) is 3.24. The van der Waals surface area contributed by atoms with Crippen LogP contribution in [0.2, 0.25) is 0 Å². The fraction of sp³-hybridized carbons (Fsp3) is 0.312. The molecule has 0 aliphatic carbocycles. The minimum atomic E-state index is 0.701. The highest BCUT2D eigenvalue weighted by atomic mass is 16.5. The fourth-order valence-electron chi connectivity index (χ4n) is 1.80. The largest absolute Gasteiger partial charge is 0.491 e. The van der Waals surface area contributed by atoms with Gasteiger partial charge in [0, 0.05) is 6.20 Å². The normalized spacial score (nSPS) is 10.2. The first-order chi connectivity index (χ1) is 9.29. The van der Waals surface area contributed by atoms with Crippen molar-refractivity contribution in [1.29, 1.82) is 0 Å². The summed E-state index contributed by atoms with van der Waals surface area (Å²) in [4.78, 5) is 4.30. The summed E-state index contributed by atoms with van der Waals surface area (Å²) >= 11 is 0. The van der Waals surface area contributed by atoms with Crippen LogP contribution in [0.4, 0.5) is 5.69 Å². The van der Waals surface area contributed by atoms with E-state index in [2.05, 4.69) is 42.3 Å². The lowest BCUT2D eigenvalue weighted by Gasteiger charge is -2.13. The number of aromatic nitrogens is 1. The summed E-state index contributed by atoms with van der Waals surface area (Å²) in [7, 11) is 0. The van der Waals surface area contributed by atoms with E-state index in [1.165, 1.54) is 5.56 Å². The van der Waals surface area contributed by atoms with E-state index in [1.54, 1.807) is 6.20 Å². The Morgan fingerprint density at radius 1 is 1.21 bits per heavy atom. The van der Waals surface area contributed by atoms with Gasteiger partial charge in [-0.3, -0.25) is 4.98 Å². The fourth-order valence-corrected chi connectivity index (χ4v) is 1.80. The average Bonchev–Trinajstić information content (AvgIpc) is 2.45. The minimum Gasteiger partial charge on any atom is -0.491 e. The topological polar surface area (TPSA) is 34.1 Å². The molecule has 0 bridgehead atoms. The van der Waals surface area contributed by atoms with E-state index in [0.717, 1.165) is 30.2 Å². The molecule has 100 valence electrons. The molecule has 0 atom stereocenters. The first-order valence-corrected chi connectivity index (χ1v) is 6.67. The first-order valence-electron chi connectivity index (χ1n) is 6.67. The molecular formula is C16H20N2O.